The summed E-state index contributed by atoms with van der Waals surface area (Å²) in [5.41, 5.74) is 4.61. The van der Waals surface area contributed by atoms with Gasteiger partial charge in [0.1, 0.15) is 11.3 Å². The van der Waals surface area contributed by atoms with E-state index in [0.29, 0.717) is 54.6 Å². The number of aromatic amines is 1. The number of amides is 1. The molecule has 9 rings (SSSR count). The van der Waals surface area contributed by atoms with Crippen molar-refractivity contribution >= 4 is 39.5 Å². The van der Waals surface area contributed by atoms with Crippen LogP contribution in [0.1, 0.15) is 55.6 Å². The number of aromatic nitrogens is 4. The number of piperidine rings is 1. The van der Waals surface area contributed by atoms with Crippen LogP contribution in [0.3, 0.4) is 0 Å². The molecule has 1 spiro atoms. The molecule has 0 radical (unpaired) electrons. The molecule has 4 saturated heterocycles. The molecule has 54 heavy (non-hydrogen) atoms. The third-order valence-corrected chi connectivity index (χ3v) is 12.6. The van der Waals surface area contributed by atoms with Crippen LogP contribution in [0.4, 0.5) is 24.9 Å². The van der Waals surface area contributed by atoms with Crippen molar-refractivity contribution in [1.29, 1.82) is 0 Å². The second-order valence-electron chi connectivity index (χ2n) is 16.1. The maximum atomic E-state index is 14.1. The number of aryl methyl sites for hydroxylation is 1. The number of carbonyl (C=O) groups excluding carboxylic acids is 1. The Morgan fingerprint density at radius 3 is 2.52 bits per heavy atom. The highest BCUT2D eigenvalue weighted by atomic mass is 19.4. The lowest BCUT2D eigenvalue weighted by molar-refractivity contribution is -0.153. The number of nitrogens with zero attached hydrogens (tertiary/aromatic N) is 7. The van der Waals surface area contributed by atoms with Crippen molar-refractivity contribution in [1.82, 2.24) is 30.0 Å². The molecule has 2 aromatic heterocycles. The smallest absolute Gasteiger partial charge is 0.422 e. The fourth-order valence-corrected chi connectivity index (χ4v) is 9.40. The van der Waals surface area contributed by atoms with E-state index >= 15 is 0 Å². The van der Waals surface area contributed by atoms with Crippen LogP contribution < -0.4 is 14.5 Å². The molecule has 4 aromatic rings. The lowest BCUT2D eigenvalue weighted by atomic mass is 9.72. The minimum absolute atomic E-state index is 0.0405. The van der Waals surface area contributed by atoms with Crippen molar-refractivity contribution in [3.8, 4) is 16.9 Å². The maximum Gasteiger partial charge on any atom is 0.422 e. The van der Waals surface area contributed by atoms with Crippen LogP contribution in [0.25, 0.3) is 32.9 Å². The molecule has 11 nitrogen and oxygen atoms in total. The van der Waals surface area contributed by atoms with Gasteiger partial charge in [0.05, 0.1) is 17.8 Å². The number of hydrogen-bond acceptors (Lipinski definition) is 9. The van der Waals surface area contributed by atoms with Crippen LogP contribution in [0.15, 0.2) is 37.1 Å². The molecule has 0 unspecified atom stereocenters. The minimum Gasteiger partial charge on any atom is -0.481 e. The van der Waals surface area contributed by atoms with Gasteiger partial charge in [-0.05, 0) is 86.3 Å². The van der Waals surface area contributed by atoms with Gasteiger partial charge in [0, 0.05) is 87.3 Å². The van der Waals surface area contributed by atoms with Crippen molar-refractivity contribution in [3.05, 3.63) is 48.2 Å². The van der Waals surface area contributed by atoms with Crippen LogP contribution >= 0.6 is 0 Å². The fraction of sp³-hybridized carbons (Fsp3) is 0.550. The first-order chi connectivity index (χ1) is 26.0. The zero-order valence-corrected chi connectivity index (χ0v) is 30.9. The number of anilines is 2. The second-order valence-corrected chi connectivity index (χ2v) is 16.1. The summed E-state index contributed by atoms with van der Waals surface area (Å²) >= 11 is 0. The largest absolute Gasteiger partial charge is 0.481 e. The lowest BCUT2D eigenvalue weighted by Crippen LogP contribution is -2.61. The van der Waals surface area contributed by atoms with E-state index in [1.807, 2.05) is 24.0 Å². The number of rotatable bonds is 9. The van der Waals surface area contributed by atoms with Gasteiger partial charge >= 0.3 is 6.18 Å². The van der Waals surface area contributed by atoms with Crippen LogP contribution in [0.2, 0.25) is 0 Å². The predicted molar refractivity (Wildman–Crippen MR) is 201 cm³/mol. The molecule has 0 bridgehead atoms. The normalized spacial score (nSPS) is 23.2. The summed E-state index contributed by atoms with van der Waals surface area (Å²) in [5.74, 6) is 1.53. The summed E-state index contributed by atoms with van der Waals surface area (Å²) in [6, 6.07) is 6.37. The Kier molecular flexibility index (Phi) is 8.75. The SMILES string of the molecule is C=CC(=O)N1CC2(CCN(c3nc(N4CC[C@H](N5CC[C@H](OC)C5)C4)nc4c(OCC(F)(F)F)c(-c5c(C)ccc6[nH]ncc56)c(C5CC5)cc34)CC2)C1. The van der Waals surface area contributed by atoms with Crippen molar-refractivity contribution in [2.45, 2.75) is 69.7 Å². The number of alkyl halides is 3. The predicted octanol–water partition coefficient (Wildman–Crippen LogP) is 6.21. The zero-order valence-electron chi connectivity index (χ0n) is 30.9. The summed E-state index contributed by atoms with van der Waals surface area (Å²) in [5, 5.41) is 8.90. The van der Waals surface area contributed by atoms with Crippen LogP contribution in [0.5, 0.6) is 5.75 Å². The van der Waals surface area contributed by atoms with Crippen molar-refractivity contribution in [2.24, 2.45) is 5.41 Å². The molecule has 4 aliphatic heterocycles. The van der Waals surface area contributed by atoms with E-state index in [0.717, 1.165) is 98.1 Å². The van der Waals surface area contributed by atoms with Crippen molar-refractivity contribution < 1.29 is 27.4 Å². The molecule has 1 aliphatic carbocycles. The molecule has 286 valence electrons. The van der Waals surface area contributed by atoms with Gasteiger partial charge in [-0.3, -0.25) is 14.8 Å². The fourth-order valence-electron chi connectivity index (χ4n) is 9.40. The number of H-pyrrole nitrogens is 1. The standard InChI is InChI=1S/C40H47F3N8O3/c1-4-32(52)51-21-39(22-51)11-15-48(16-12-39)37-29-17-28(25-6-7-25)34(33-24(2)5-8-31-30(33)18-44-47-31)36(54-23-40(41,42)43)35(29)45-38(46-37)50-13-9-26(19-50)49-14-10-27(20-49)53-3/h4-5,8,17-18,25-27H,1,6-7,9-16,19-23H2,2-3H3,(H,44,47)/t26-,27-/m0/s1. The number of carbonyl (C=O) groups is 1. The van der Waals surface area contributed by atoms with Crippen molar-refractivity contribution in [3.63, 3.8) is 0 Å². The van der Waals surface area contributed by atoms with Gasteiger partial charge in [0.15, 0.2) is 12.4 Å². The number of likely N-dealkylation sites (tertiary alicyclic amines) is 2. The first-order valence-electron chi connectivity index (χ1n) is 19.2. The van der Waals surface area contributed by atoms with Gasteiger partial charge < -0.3 is 24.2 Å². The van der Waals surface area contributed by atoms with E-state index in [1.54, 1.807) is 13.3 Å². The van der Waals surface area contributed by atoms with E-state index in [2.05, 4.69) is 37.5 Å². The highest BCUT2D eigenvalue weighted by molar-refractivity contribution is 6.06. The minimum atomic E-state index is -4.56. The van der Waals surface area contributed by atoms with Gasteiger partial charge in [-0.15, -0.1) is 0 Å². The summed E-state index contributed by atoms with van der Waals surface area (Å²) in [6.45, 7) is 10.3. The molecular weight excluding hydrogens is 697 g/mol. The van der Waals surface area contributed by atoms with E-state index in [4.69, 9.17) is 19.4 Å². The molecule has 5 fully saturated rings. The van der Waals surface area contributed by atoms with E-state index < -0.39 is 12.8 Å². The number of benzene rings is 2. The lowest BCUT2D eigenvalue weighted by Gasteiger charge is -2.54. The molecule has 6 heterocycles. The van der Waals surface area contributed by atoms with Gasteiger partial charge in [-0.1, -0.05) is 12.6 Å². The highest BCUT2D eigenvalue weighted by Crippen LogP contribution is 2.53. The van der Waals surface area contributed by atoms with Crippen LogP contribution in [-0.2, 0) is 9.53 Å². The molecule has 2 atom stereocenters. The highest BCUT2D eigenvalue weighted by Gasteiger charge is 2.47. The molecule has 5 aliphatic rings. The first-order valence-corrected chi connectivity index (χ1v) is 19.2. The van der Waals surface area contributed by atoms with E-state index in [1.165, 1.54) is 6.08 Å². The third-order valence-electron chi connectivity index (χ3n) is 12.6. The van der Waals surface area contributed by atoms with Crippen LogP contribution in [-0.4, -0.2) is 120 Å². The number of nitrogens with one attached hydrogen (secondary N) is 1. The van der Waals surface area contributed by atoms with Gasteiger partial charge in [-0.25, -0.2) is 4.98 Å². The summed E-state index contributed by atoms with van der Waals surface area (Å²) in [4.78, 5) is 31.6. The topological polar surface area (TPSA) is 103 Å². The van der Waals surface area contributed by atoms with Crippen molar-refractivity contribution in [2.75, 3.05) is 75.9 Å². The molecule has 1 saturated carbocycles. The summed E-state index contributed by atoms with van der Waals surface area (Å²) in [7, 11) is 1.76. The number of fused-ring (bicyclic) bond motifs is 2. The Labute approximate surface area is 312 Å². The van der Waals surface area contributed by atoms with Gasteiger partial charge in [0.25, 0.3) is 0 Å². The Morgan fingerprint density at radius 2 is 1.81 bits per heavy atom. The van der Waals surface area contributed by atoms with Crippen LogP contribution in [0, 0.1) is 12.3 Å². The van der Waals surface area contributed by atoms with Gasteiger partial charge in [-0.2, -0.15) is 23.3 Å². The number of methoxy groups -OCH3 is 1. The van der Waals surface area contributed by atoms with Gasteiger partial charge in [0.2, 0.25) is 11.9 Å². The Balaban J connectivity index is 1.19. The average Bonchev–Trinajstić information content (AvgIpc) is 3.49. The third kappa shape index (κ3) is 6.34. The molecule has 2 aromatic carbocycles. The monoisotopic (exact) mass is 744 g/mol. The quantitative estimate of drug-likeness (QED) is 0.201. The molecule has 14 heteroatoms. The Morgan fingerprint density at radius 1 is 1.02 bits per heavy atom. The van der Waals surface area contributed by atoms with E-state index in [-0.39, 0.29) is 29.1 Å². The summed E-state index contributed by atoms with van der Waals surface area (Å²) < 4.78 is 54.1. The average molecular weight is 745 g/mol. The Hall–Kier alpha value is -4.43. The van der Waals surface area contributed by atoms with E-state index in [9.17, 15) is 18.0 Å². The molecular formula is C40H47F3N8O3. The number of halogens is 3. The molecule has 1 amide bonds. The zero-order chi connectivity index (χ0) is 37.4. The maximum absolute atomic E-state index is 14.1. The first kappa shape index (κ1) is 35.3. The molecule has 1 N–H and O–H groups in total. The summed E-state index contributed by atoms with van der Waals surface area (Å²) in [6.07, 6.45) is 4.34. The Bertz CT molecular complexity index is 2100. The second kappa shape index (κ2) is 13.4. The number of hydrogen-bond donors (Lipinski definition) is 1. The number of ether oxygens (including phenoxy) is 2.